The van der Waals surface area contributed by atoms with E-state index in [1.165, 1.54) is 4.90 Å². The summed E-state index contributed by atoms with van der Waals surface area (Å²) >= 11 is 0. The van der Waals surface area contributed by atoms with Gasteiger partial charge < -0.3 is 15.1 Å². The molecule has 0 aliphatic heterocycles. The number of amides is 1. The van der Waals surface area contributed by atoms with Gasteiger partial charge in [-0.15, -0.1) is 0 Å². The Bertz CT molecular complexity index is 225. The van der Waals surface area contributed by atoms with E-state index in [0.29, 0.717) is 6.41 Å². The Morgan fingerprint density at radius 2 is 2.00 bits per heavy atom. The van der Waals surface area contributed by atoms with Gasteiger partial charge in [0.2, 0.25) is 6.41 Å². The van der Waals surface area contributed by atoms with Gasteiger partial charge in [-0.2, -0.15) is 0 Å². The van der Waals surface area contributed by atoms with Gasteiger partial charge in [-0.3, -0.25) is 4.79 Å². The lowest BCUT2D eigenvalue weighted by atomic mass is 9.93. The average molecular weight is 215 g/mol. The number of aliphatic hydroxyl groups is 1. The lowest BCUT2D eigenvalue weighted by Crippen LogP contribution is -2.49. The molecule has 1 saturated carbocycles. The number of hydrogen-bond acceptors (Lipinski definition) is 3. The third-order valence-corrected chi connectivity index (χ3v) is 2.94. The van der Waals surface area contributed by atoms with Crippen LogP contribution in [-0.2, 0) is 9.59 Å². The average Bonchev–Trinajstić information content (AvgIpc) is 2.26. The number of carboxylic acid groups (broad SMARTS) is 1. The third kappa shape index (κ3) is 2.92. The van der Waals surface area contributed by atoms with Crippen molar-refractivity contribution in [3.63, 3.8) is 0 Å². The van der Waals surface area contributed by atoms with Crippen LogP contribution >= 0.6 is 0 Å². The first kappa shape index (κ1) is 12.0. The highest BCUT2D eigenvalue weighted by molar-refractivity contribution is 5.76. The molecule has 0 bridgehead atoms. The van der Waals surface area contributed by atoms with Crippen molar-refractivity contribution in [1.82, 2.24) is 4.90 Å². The fourth-order valence-corrected chi connectivity index (χ4v) is 2.09. The zero-order chi connectivity index (χ0) is 11.3. The number of carboxylic acids is 1. The Morgan fingerprint density at radius 1 is 1.40 bits per heavy atom. The Labute approximate surface area is 88.7 Å². The second-order valence-electron chi connectivity index (χ2n) is 3.88. The molecule has 0 saturated heterocycles. The molecule has 5 heteroatoms. The van der Waals surface area contributed by atoms with E-state index in [1.807, 2.05) is 0 Å². The van der Waals surface area contributed by atoms with E-state index < -0.39 is 18.6 Å². The van der Waals surface area contributed by atoms with Gasteiger partial charge in [-0.25, -0.2) is 4.79 Å². The molecule has 1 aliphatic rings. The first-order chi connectivity index (χ1) is 7.20. The van der Waals surface area contributed by atoms with E-state index in [1.54, 1.807) is 0 Å². The molecular weight excluding hydrogens is 198 g/mol. The fraction of sp³-hybridized carbons (Fsp3) is 0.800. The van der Waals surface area contributed by atoms with Crippen LogP contribution in [0.5, 0.6) is 0 Å². The molecule has 0 spiro atoms. The maximum absolute atomic E-state index is 10.9. The van der Waals surface area contributed by atoms with Crippen molar-refractivity contribution in [3.05, 3.63) is 0 Å². The van der Waals surface area contributed by atoms with E-state index >= 15 is 0 Å². The van der Waals surface area contributed by atoms with Gasteiger partial charge in [0.15, 0.2) is 6.04 Å². The minimum absolute atomic E-state index is 0.0236. The van der Waals surface area contributed by atoms with Gasteiger partial charge in [0, 0.05) is 6.04 Å². The molecule has 0 aromatic carbocycles. The minimum atomic E-state index is -1.14. The minimum Gasteiger partial charge on any atom is -0.480 e. The van der Waals surface area contributed by atoms with Crippen LogP contribution in [0, 0.1) is 0 Å². The molecule has 0 heterocycles. The van der Waals surface area contributed by atoms with Crippen LogP contribution in [0.4, 0.5) is 0 Å². The van der Waals surface area contributed by atoms with Crippen LogP contribution < -0.4 is 0 Å². The quantitative estimate of drug-likeness (QED) is 0.643. The molecular formula is C10H17NO4. The predicted octanol–water partition coefficient (Wildman–Crippen LogP) is 0.223. The lowest BCUT2D eigenvalue weighted by Gasteiger charge is -2.34. The van der Waals surface area contributed by atoms with Crippen molar-refractivity contribution in [2.24, 2.45) is 0 Å². The van der Waals surface area contributed by atoms with Gasteiger partial charge in [0.05, 0.1) is 6.61 Å². The number of rotatable bonds is 5. The van der Waals surface area contributed by atoms with E-state index in [-0.39, 0.29) is 6.04 Å². The zero-order valence-corrected chi connectivity index (χ0v) is 8.63. The number of aliphatic carboxylic acids is 1. The first-order valence-electron chi connectivity index (χ1n) is 5.27. The summed E-state index contributed by atoms with van der Waals surface area (Å²) in [7, 11) is 0. The molecule has 1 amide bonds. The maximum Gasteiger partial charge on any atom is 0.328 e. The van der Waals surface area contributed by atoms with Crippen LogP contribution in [0.3, 0.4) is 0 Å². The normalized spacial score (nSPS) is 19.5. The third-order valence-electron chi connectivity index (χ3n) is 2.94. The van der Waals surface area contributed by atoms with Crippen LogP contribution in [0.15, 0.2) is 0 Å². The molecule has 2 N–H and O–H groups in total. The molecule has 1 fully saturated rings. The fourth-order valence-electron chi connectivity index (χ4n) is 2.09. The van der Waals surface area contributed by atoms with Gasteiger partial charge >= 0.3 is 5.97 Å². The number of hydrogen-bond donors (Lipinski definition) is 2. The number of carbonyl (C=O) groups is 2. The van der Waals surface area contributed by atoms with Crippen molar-refractivity contribution in [2.75, 3.05) is 6.61 Å². The van der Waals surface area contributed by atoms with E-state index in [2.05, 4.69) is 0 Å². The van der Waals surface area contributed by atoms with E-state index in [0.717, 1.165) is 32.1 Å². The number of carbonyl (C=O) groups excluding carboxylic acids is 1. The summed E-state index contributed by atoms with van der Waals surface area (Å²) < 4.78 is 0. The first-order valence-corrected chi connectivity index (χ1v) is 5.27. The zero-order valence-electron chi connectivity index (χ0n) is 8.63. The summed E-state index contributed by atoms with van der Waals surface area (Å²) in [4.78, 5) is 22.9. The second-order valence-corrected chi connectivity index (χ2v) is 3.88. The van der Waals surface area contributed by atoms with Crippen molar-refractivity contribution in [3.8, 4) is 0 Å². The van der Waals surface area contributed by atoms with Crippen molar-refractivity contribution >= 4 is 12.4 Å². The molecule has 86 valence electrons. The Kier molecular flexibility index (Phi) is 4.55. The van der Waals surface area contributed by atoms with Crippen LogP contribution in [-0.4, -0.2) is 46.2 Å². The molecule has 1 aliphatic carbocycles. The van der Waals surface area contributed by atoms with Crippen molar-refractivity contribution in [2.45, 2.75) is 44.2 Å². The summed E-state index contributed by atoms with van der Waals surface area (Å²) in [5.41, 5.74) is 0. The molecule has 0 aromatic rings. The highest BCUT2D eigenvalue weighted by Crippen LogP contribution is 2.23. The predicted molar refractivity (Wildman–Crippen MR) is 53.3 cm³/mol. The van der Waals surface area contributed by atoms with Gasteiger partial charge in [0.1, 0.15) is 0 Å². The summed E-state index contributed by atoms with van der Waals surface area (Å²) in [6.45, 7) is -0.523. The molecule has 1 atom stereocenters. The van der Waals surface area contributed by atoms with Gasteiger partial charge in [-0.1, -0.05) is 19.3 Å². The van der Waals surface area contributed by atoms with Crippen LogP contribution in [0.25, 0.3) is 0 Å². The van der Waals surface area contributed by atoms with E-state index in [9.17, 15) is 9.59 Å². The Balaban J connectivity index is 2.66. The topological polar surface area (TPSA) is 77.8 Å². The number of nitrogens with zero attached hydrogens (tertiary/aromatic N) is 1. The standard InChI is InChI=1S/C10H17NO4/c12-6-9(10(14)15)11(7-13)8-4-2-1-3-5-8/h7-9,12H,1-6H2,(H,14,15)/t9-/m0/s1. The lowest BCUT2D eigenvalue weighted by molar-refractivity contribution is -0.150. The molecule has 0 aromatic heterocycles. The molecule has 0 radical (unpaired) electrons. The summed E-state index contributed by atoms with van der Waals surface area (Å²) in [5, 5.41) is 17.8. The monoisotopic (exact) mass is 215 g/mol. The van der Waals surface area contributed by atoms with Crippen LogP contribution in [0.2, 0.25) is 0 Å². The highest BCUT2D eigenvalue weighted by Gasteiger charge is 2.30. The smallest absolute Gasteiger partial charge is 0.328 e. The Hall–Kier alpha value is -1.10. The molecule has 1 rings (SSSR count). The van der Waals surface area contributed by atoms with E-state index in [4.69, 9.17) is 10.2 Å². The molecule has 0 unspecified atom stereocenters. The number of aliphatic hydroxyl groups excluding tert-OH is 1. The largest absolute Gasteiger partial charge is 0.480 e. The summed E-state index contributed by atoms with van der Waals surface area (Å²) in [6.07, 6.45) is 5.40. The van der Waals surface area contributed by atoms with Crippen LogP contribution in [0.1, 0.15) is 32.1 Å². The summed E-state index contributed by atoms with van der Waals surface area (Å²) in [6, 6.07) is -1.12. The van der Waals surface area contributed by atoms with Gasteiger partial charge in [-0.05, 0) is 12.8 Å². The highest BCUT2D eigenvalue weighted by atomic mass is 16.4. The molecule has 5 nitrogen and oxygen atoms in total. The molecule has 15 heavy (non-hydrogen) atoms. The SMILES string of the molecule is O=CN(C1CCCCC1)[C@@H](CO)C(=O)O. The van der Waals surface area contributed by atoms with Crippen molar-refractivity contribution < 1.29 is 19.8 Å². The van der Waals surface area contributed by atoms with Gasteiger partial charge in [0.25, 0.3) is 0 Å². The maximum atomic E-state index is 10.9. The second kappa shape index (κ2) is 5.70. The Morgan fingerprint density at radius 3 is 2.40 bits per heavy atom. The van der Waals surface area contributed by atoms with Crippen molar-refractivity contribution in [1.29, 1.82) is 0 Å². The summed E-state index contributed by atoms with van der Waals surface area (Å²) in [5.74, 6) is -1.14.